The molecule has 0 fully saturated rings. The molecule has 0 bridgehead atoms. The molecule has 0 spiro atoms. The Hall–Kier alpha value is -3.41. The first-order valence-electron chi connectivity index (χ1n) is 9.10. The summed E-state index contributed by atoms with van der Waals surface area (Å²) >= 11 is 0. The summed E-state index contributed by atoms with van der Waals surface area (Å²) in [5.74, 6) is 1.04. The summed E-state index contributed by atoms with van der Waals surface area (Å²) in [6.45, 7) is 0. The molecule has 140 valence electrons. The zero-order valence-corrected chi connectivity index (χ0v) is 15.2. The molecule has 3 heterocycles. The summed E-state index contributed by atoms with van der Waals surface area (Å²) in [6.07, 6.45) is 3.72. The number of benzene rings is 2. The maximum atomic E-state index is 13.9. The quantitative estimate of drug-likeness (QED) is 0.678. The average Bonchev–Trinajstić information content (AvgIpc) is 3.19. The zero-order valence-electron chi connectivity index (χ0n) is 15.2. The van der Waals surface area contributed by atoms with Gasteiger partial charge in [-0.3, -0.25) is 4.98 Å². The van der Waals surface area contributed by atoms with Crippen LogP contribution in [0.3, 0.4) is 0 Å². The lowest BCUT2D eigenvalue weighted by molar-refractivity contribution is -0.0210. The minimum atomic E-state index is -0.543. The van der Waals surface area contributed by atoms with Crippen molar-refractivity contribution in [2.24, 2.45) is 5.10 Å². The Bertz CT molecular complexity index is 1050. The van der Waals surface area contributed by atoms with E-state index >= 15 is 0 Å². The van der Waals surface area contributed by atoms with Gasteiger partial charge in [0, 0.05) is 35.5 Å². The SMILES string of the molecule is COc1cccc2c1O[C@H](c1cccc(F)c1)N1N=C(c3cccnc3)C[C@H]21. The first-order valence-corrected chi connectivity index (χ1v) is 9.10. The fourth-order valence-electron chi connectivity index (χ4n) is 3.83. The van der Waals surface area contributed by atoms with E-state index < -0.39 is 6.23 Å². The minimum Gasteiger partial charge on any atom is -0.493 e. The van der Waals surface area contributed by atoms with E-state index in [1.807, 2.05) is 47.6 Å². The first kappa shape index (κ1) is 16.7. The zero-order chi connectivity index (χ0) is 19.1. The number of rotatable bonds is 3. The molecule has 0 radical (unpaired) electrons. The number of nitrogens with zero attached hydrogens (tertiary/aromatic N) is 3. The average molecular weight is 375 g/mol. The van der Waals surface area contributed by atoms with Crippen LogP contribution in [0.15, 0.2) is 72.1 Å². The topological polar surface area (TPSA) is 47.0 Å². The number of fused-ring (bicyclic) bond motifs is 3. The number of methoxy groups -OCH3 is 1. The molecule has 2 aromatic carbocycles. The summed E-state index contributed by atoms with van der Waals surface area (Å²) in [5.41, 5.74) is 3.62. The molecule has 2 aliphatic rings. The molecule has 28 heavy (non-hydrogen) atoms. The molecule has 6 heteroatoms. The molecule has 1 aromatic heterocycles. The van der Waals surface area contributed by atoms with Crippen LogP contribution >= 0.6 is 0 Å². The Morgan fingerprint density at radius 2 is 2.04 bits per heavy atom. The van der Waals surface area contributed by atoms with Crippen LogP contribution in [0.4, 0.5) is 4.39 Å². The summed E-state index contributed by atoms with van der Waals surface area (Å²) in [4.78, 5) is 4.21. The molecule has 5 rings (SSSR count). The van der Waals surface area contributed by atoms with Crippen LogP contribution in [0.2, 0.25) is 0 Å². The van der Waals surface area contributed by atoms with Gasteiger partial charge in [0.15, 0.2) is 11.5 Å². The molecule has 0 saturated carbocycles. The summed E-state index contributed by atoms with van der Waals surface area (Å²) in [6, 6.07) is 16.2. The van der Waals surface area contributed by atoms with Crippen LogP contribution in [-0.4, -0.2) is 22.8 Å². The molecule has 2 atom stereocenters. The molecule has 0 aliphatic carbocycles. The first-order chi connectivity index (χ1) is 13.7. The monoisotopic (exact) mass is 375 g/mol. The highest BCUT2D eigenvalue weighted by molar-refractivity contribution is 6.01. The third-order valence-corrected chi connectivity index (χ3v) is 5.13. The second-order valence-corrected chi connectivity index (χ2v) is 6.79. The number of hydrogen-bond donors (Lipinski definition) is 0. The Labute approximate surface area is 162 Å². The van der Waals surface area contributed by atoms with Gasteiger partial charge in [-0.05, 0) is 24.3 Å². The van der Waals surface area contributed by atoms with Crippen LogP contribution in [-0.2, 0) is 0 Å². The molecule has 2 aliphatic heterocycles. The van der Waals surface area contributed by atoms with Crippen molar-refractivity contribution in [2.75, 3.05) is 7.11 Å². The Morgan fingerprint density at radius 1 is 1.14 bits per heavy atom. The molecule has 0 saturated heterocycles. The van der Waals surface area contributed by atoms with Crippen LogP contribution in [0, 0.1) is 5.82 Å². The van der Waals surface area contributed by atoms with E-state index in [9.17, 15) is 4.39 Å². The highest BCUT2D eigenvalue weighted by atomic mass is 19.1. The fourth-order valence-corrected chi connectivity index (χ4v) is 3.83. The lowest BCUT2D eigenvalue weighted by atomic mass is 9.96. The second kappa shape index (κ2) is 6.64. The third-order valence-electron chi connectivity index (χ3n) is 5.13. The molecule has 5 nitrogen and oxygen atoms in total. The van der Waals surface area contributed by atoms with E-state index in [-0.39, 0.29) is 11.9 Å². The number of ether oxygens (including phenoxy) is 2. The molecular formula is C22H18FN3O2. The lowest BCUT2D eigenvalue weighted by Gasteiger charge is -2.38. The van der Waals surface area contributed by atoms with Gasteiger partial charge in [-0.1, -0.05) is 30.3 Å². The Morgan fingerprint density at radius 3 is 2.82 bits per heavy atom. The van der Waals surface area contributed by atoms with Gasteiger partial charge in [0.1, 0.15) is 5.82 Å². The van der Waals surface area contributed by atoms with E-state index in [1.165, 1.54) is 12.1 Å². The normalized spacial score (nSPS) is 20.1. The smallest absolute Gasteiger partial charge is 0.214 e. The number of pyridine rings is 1. The van der Waals surface area contributed by atoms with Crippen molar-refractivity contribution in [1.29, 1.82) is 0 Å². The summed E-state index contributed by atoms with van der Waals surface area (Å²) in [5, 5.41) is 6.76. The van der Waals surface area contributed by atoms with Gasteiger partial charge in [-0.2, -0.15) is 5.10 Å². The molecule has 0 unspecified atom stereocenters. The van der Waals surface area contributed by atoms with Gasteiger partial charge >= 0.3 is 0 Å². The number of aromatic nitrogens is 1. The van der Waals surface area contributed by atoms with Crippen molar-refractivity contribution in [2.45, 2.75) is 18.7 Å². The third kappa shape index (κ3) is 2.69. The Kier molecular flexibility index (Phi) is 3.97. The fraction of sp³-hybridized carbons (Fsp3) is 0.182. The summed E-state index contributed by atoms with van der Waals surface area (Å²) in [7, 11) is 1.62. The highest BCUT2D eigenvalue weighted by Gasteiger charge is 2.42. The van der Waals surface area contributed by atoms with Crippen molar-refractivity contribution in [3.63, 3.8) is 0 Å². The van der Waals surface area contributed by atoms with Crippen molar-refractivity contribution in [3.8, 4) is 11.5 Å². The maximum absolute atomic E-state index is 13.9. The van der Waals surface area contributed by atoms with Gasteiger partial charge in [0.2, 0.25) is 6.23 Å². The lowest BCUT2D eigenvalue weighted by Crippen LogP contribution is -2.34. The van der Waals surface area contributed by atoms with Crippen LogP contribution in [0.1, 0.15) is 35.4 Å². The number of halogens is 1. The van der Waals surface area contributed by atoms with Gasteiger partial charge in [-0.15, -0.1) is 0 Å². The van der Waals surface area contributed by atoms with E-state index in [2.05, 4.69) is 4.98 Å². The second-order valence-electron chi connectivity index (χ2n) is 6.79. The van der Waals surface area contributed by atoms with Crippen molar-refractivity contribution < 1.29 is 13.9 Å². The van der Waals surface area contributed by atoms with Gasteiger partial charge in [-0.25, -0.2) is 9.40 Å². The van der Waals surface area contributed by atoms with E-state index in [4.69, 9.17) is 14.6 Å². The predicted molar refractivity (Wildman–Crippen MR) is 103 cm³/mol. The van der Waals surface area contributed by atoms with Crippen molar-refractivity contribution in [3.05, 3.63) is 89.5 Å². The van der Waals surface area contributed by atoms with E-state index in [0.717, 1.165) is 16.8 Å². The number of hydrazone groups is 1. The molecule has 0 amide bonds. The molecule has 3 aromatic rings. The standard InChI is InChI=1S/C22H18FN3O2/c1-27-20-9-3-8-17-19-12-18(15-6-4-10-24-13-15)25-26(19)22(28-21(17)20)14-5-2-7-16(23)11-14/h2-11,13,19,22H,12H2,1H3/t19-,22-/m1/s1. The van der Waals surface area contributed by atoms with Gasteiger partial charge < -0.3 is 9.47 Å². The van der Waals surface area contributed by atoms with Crippen LogP contribution in [0.25, 0.3) is 0 Å². The maximum Gasteiger partial charge on any atom is 0.214 e. The molecular weight excluding hydrogens is 357 g/mol. The Balaban J connectivity index is 1.64. The van der Waals surface area contributed by atoms with Crippen molar-refractivity contribution >= 4 is 5.71 Å². The summed E-state index contributed by atoms with van der Waals surface area (Å²) < 4.78 is 25.7. The number of para-hydroxylation sites is 1. The number of hydrogen-bond acceptors (Lipinski definition) is 5. The highest BCUT2D eigenvalue weighted by Crippen LogP contribution is 2.50. The van der Waals surface area contributed by atoms with Crippen molar-refractivity contribution in [1.82, 2.24) is 9.99 Å². The molecule has 0 N–H and O–H groups in total. The van der Waals surface area contributed by atoms with Crippen LogP contribution in [0.5, 0.6) is 11.5 Å². The van der Waals surface area contributed by atoms with Crippen LogP contribution < -0.4 is 9.47 Å². The van der Waals surface area contributed by atoms with E-state index in [0.29, 0.717) is 23.5 Å². The minimum absolute atomic E-state index is 0.0256. The van der Waals surface area contributed by atoms with Gasteiger partial charge in [0.25, 0.3) is 0 Å². The van der Waals surface area contributed by atoms with E-state index in [1.54, 1.807) is 19.4 Å². The largest absolute Gasteiger partial charge is 0.493 e. The predicted octanol–water partition coefficient (Wildman–Crippen LogP) is 4.47. The van der Waals surface area contributed by atoms with Gasteiger partial charge in [0.05, 0.1) is 18.9 Å².